The lowest BCUT2D eigenvalue weighted by atomic mass is 9.41. The third-order valence-electron chi connectivity index (χ3n) is 15.7. The molecule has 0 radical (unpaired) electrons. The maximum absolute atomic E-state index is 12.8. The first-order chi connectivity index (χ1) is 21.5. The van der Waals surface area contributed by atoms with E-state index in [1.54, 1.807) is 14.1 Å². The Hall–Kier alpha value is -1.58. The van der Waals surface area contributed by atoms with Gasteiger partial charge >= 0.3 is 12.2 Å². The van der Waals surface area contributed by atoms with Crippen LogP contribution in [-0.4, -0.2) is 85.9 Å². The lowest BCUT2D eigenvalue weighted by Crippen LogP contribution is -2.60. The fourth-order valence-corrected chi connectivity index (χ4v) is 13.3. The summed E-state index contributed by atoms with van der Waals surface area (Å²) >= 11 is 0. The van der Waals surface area contributed by atoms with Gasteiger partial charge in [-0.25, -0.2) is 9.59 Å². The number of alkyl carbamates (subject to hydrolysis) is 1. The highest BCUT2D eigenvalue weighted by Crippen LogP contribution is 2.89. The van der Waals surface area contributed by atoms with Gasteiger partial charge in [-0.1, -0.05) is 48.5 Å². The highest BCUT2D eigenvalue weighted by Gasteiger charge is 2.84. The second-order valence-electron chi connectivity index (χ2n) is 18.4. The predicted octanol–water partition coefficient (Wildman–Crippen LogP) is 5.59. The molecular weight excluding hydrogens is 582 g/mol. The van der Waals surface area contributed by atoms with Crippen molar-refractivity contribution in [2.45, 2.75) is 136 Å². The smallest absolute Gasteiger partial charge is 0.409 e. The molecule has 2 saturated heterocycles. The van der Waals surface area contributed by atoms with Gasteiger partial charge in [-0.3, -0.25) is 0 Å². The number of rotatable bonds is 5. The van der Waals surface area contributed by atoms with E-state index < -0.39 is 6.10 Å². The average Bonchev–Trinajstić information content (AvgIpc) is 3.59. The van der Waals surface area contributed by atoms with Crippen LogP contribution in [0.4, 0.5) is 9.59 Å². The number of nitrogens with one attached hydrogen (secondary N) is 2. The van der Waals surface area contributed by atoms with Gasteiger partial charge in [0, 0.05) is 38.0 Å². The molecule has 2 heterocycles. The Labute approximate surface area is 276 Å². The van der Waals surface area contributed by atoms with Crippen LogP contribution in [0.3, 0.4) is 0 Å². The number of amides is 2. The Bertz CT molecular complexity index is 1240. The number of aliphatic hydroxyl groups is 1. The Morgan fingerprint density at radius 3 is 2.30 bits per heavy atom. The molecule has 0 aromatic heterocycles. The SMILES string of the molecule is CC(C)[C@@H](OC(=O)N(C)C)C1C[C@@H](C)[C@H]2C(O1)[C@H](O)[C@@]1(C)C3CC[C@H]4C(C)(C)C(OC(=O)NC5CNC5)CC[C@@]45C[C@@]35CC[C@]21C. The van der Waals surface area contributed by atoms with E-state index in [1.165, 1.54) is 17.7 Å². The summed E-state index contributed by atoms with van der Waals surface area (Å²) in [5.74, 6) is 1.70. The molecule has 260 valence electrons. The van der Waals surface area contributed by atoms with Crippen molar-refractivity contribution in [3.8, 4) is 0 Å². The third kappa shape index (κ3) is 4.28. The van der Waals surface area contributed by atoms with Gasteiger partial charge in [0.15, 0.2) is 0 Å². The van der Waals surface area contributed by atoms with E-state index in [-0.39, 0.29) is 81.6 Å². The van der Waals surface area contributed by atoms with Crippen LogP contribution in [0.5, 0.6) is 0 Å². The van der Waals surface area contributed by atoms with Crippen molar-refractivity contribution in [3.05, 3.63) is 0 Å². The summed E-state index contributed by atoms with van der Waals surface area (Å²) in [5, 5.41) is 18.8. The molecule has 5 saturated carbocycles. The van der Waals surface area contributed by atoms with Gasteiger partial charge in [-0.15, -0.1) is 0 Å². The molecule has 9 heteroatoms. The summed E-state index contributed by atoms with van der Waals surface area (Å²) in [4.78, 5) is 26.9. The molecule has 3 N–H and O–H groups in total. The van der Waals surface area contributed by atoms with Crippen LogP contribution < -0.4 is 10.6 Å². The quantitative estimate of drug-likeness (QED) is 0.359. The van der Waals surface area contributed by atoms with Crippen LogP contribution in [-0.2, 0) is 14.2 Å². The molecule has 2 aliphatic heterocycles. The van der Waals surface area contributed by atoms with Gasteiger partial charge in [0.1, 0.15) is 12.2 Å². The number of hydrogen-bond acceptors (Lipinski definition) is 7. The van der Waals surface area contributed by atoms with E-state index in [9.17, 15) is 14.7 Å². The van der Waals surface area contributed by atoms with Crippen LogP contribution in [0.15, 0.2) is 0 Å². The van der Waals surface area contributed by atoms with Crippen LogP contribution in [0, 0.1) is 56.7 Å². The standard InChI is InChI=1S/C37H61N3O6/c1-20(2)28(46-32(43)40(8)9)23-16-21(3)27-29(44-23)30(41)35(7)25-11-10-24-33(4,5)26(45-31(42)39-22-17-38-18-22)12-13-36(24)19-37(25,36)15-14-34(27,35)6/h20-30,38,41H,10-19H2,1-9H3,(H,39,42)/t21-,23?,24+,25?,26?,27+,28-,29?,30+,34-,35-,36-,37+/m1/s1. The molecule has 7 fully saturated rings. The fraction of sp³-hybridized carbons (Fsp3) is 0.946. The highest BCUT2D eigenvalue weighted by molar-refractivity contribution is 5.68. The van der Waals surface area contributed by atoms with E-state index in [2.05, 4.69) is 59.1 Å². The maximum Gasteiger partial charge on any atom is 0.409 e. The van der Waals surface area contributed by atoms with Crippen molar-refractivity contribution >= 4 is 12.2 Å². The molecule has 0 aromatic carbocycles. The summed E-state index contributed by atoms with van der Waals surface area (Å²) < 4.78 is 19.1. The van der Waals surface area contributed by atoms with Crippen molar-refractivity contribution in [2.24, 2.45) is 56.7 Å². The number of aliphatic hydroxyl groups excluding tert-OH is 1. The number of fused-ring (bicyclic) bond motifs is 4. The topological polar surface area (TPSA) is 109 Å². The summed E-state index contributed by atoms with van der Waals surface area (Å²) in [5.41, 5.74) is 0.146. The predicted molar refractivity (Wildman–Crippen MR) is 175 cm³/mol. The van der Waals surface area contributed by atoms with Crippen LogP contribution in [0.25, 0.3) is 0 Å². The molecule has 13 atom stereocenters. The number of hydrogen-bond donors (Lipinski definition) is 3. The first kappa shape index (κ1) is 32.9. The van der Waals surface area contributed by atoms with Crippen LogP contribution >= 0.6 is 0 Å². The third-order valence-corrected chi connectivity index (χ3v) is 15.7. The van der Waals surface area contributed by atoms with Crippen LogP contribution in [0.2, 0.25) is 0 Å². The summed E-state index contributed by atoms with van der Waals surface area (Å²) in [6, 6.07) is 0.179. The molecule has 4 unspecified atom stereocenters. The van der Waals surface area contributed by atoms with E-state index in [0.717, 1.165) is 51.6 Å². The number of carbonyl (C=O) groups is 2. The average molecular weight is 644 g/mol. The van der Waals surface area contributed by atoms with E-state index in [0.29, 0.717) is 17.8 Å². The zero-order valence-electron chi connectivity index (χ0n) is 29.9. The lowest BCUT2D eigenvalue weighted by Gasteiger charge is -2.63. The molecule has 5 aliphatic carbocycles. The zero-order valence-corrected chi connectivity index (χ0v) is 29.9. The zero-order chi connectivity index (χ0) is 33.2. The van der Waals surface area contributed by atoms with Crippen molar-refractivity contribution in [1.29, 1.82) is 0 Å². The molecule has 2 spiro atoms. The fourth-order valence-electron chi connectivity index (χ4n) is 13.3. The van der Waals surface area contributed by atoms with Crippen molar-refractivity contribution < 1.29 is 28.9 Å². The van der Waals surface area contributed by atoms with E-state index >= 15 is 0 Å². The molecule has 2 amide bonds. The first-order valence-corrected chi connectivity index (χ1v) is 18.4. The molecule has 0 bridgehead atoms. The van der Waals surface area contributed by atoms with Gasteiger partial charge in [-0.2, -0.15) is 0 Å². The number of ether oxygens (including phenoxy) is 3. The van der Waals surface area contributed by atoms with Crippen molar-refractivity contribution in [3.63, 3.8) is 0 Å². The molecule has 46 heavy (non-hydrogen) atoms. The first-order valence-electron chi connectivity index (χ1n) is 18.4. The normalized spacial score (nSPS) is 49.2. The second-order valence-corrected chi connectivity index (χ2v) is 18.4. The minimum atomic E-state index is -0.557. The molecule has 0 aromatic rings. The number of carbonyl (C=O) groups excluding carboxylic acids is 2. The Morgan fingerprint density at radius 1 is 1.00 bits per heavy atom. The minimum absolute atomic E-state index is 0.0219. The van der Waals surface area contributed by atoms with Gasteiger partial charge in [0.2, 0.25) is 0 Å². The molecular formula is C37H61N3O6. The van der Waals surface area contributed by atoms with Crippen LogP contribution in [0.1, 0.15) is 99.8 Å². The van der Waals surface area contributed by atoms with Gasteiger partial charge < -0.3 is 34.9 Å². The van der Waals surface area contributed by atoms with Gasteiger partial charge in [0.05, 0.1) is 24.4 Å². The van der Waals surface area contributed by atoms with Crippen molar-refractivity contribution in [1.82, 2.24) is 15.5 Å². The number of nitrogens with zero attached hydrogens (tertiary/aromatic N) is 1. The van der Waals surface area contributed by atoms with E-state index in [4.69, 9.17) is 14.2 Å². The largest absolute Gasteiger partial charge is 0.446 e. The molecule has 7 rings (SSSR count). The molecule has 9 nitrogen and oxygen atoms in total. The summed E-state index contributed by atoms with van der Waals surface area (Å²) in [7, 11) is 3.43. The van der Waals surface area contributed by atoms with Gasteiger partial charge in [0.25, 0.3) is 0 Å². The summed E-state index contributed by atoms with van der Waals surface area (Å²) in [6.07, 6.45) is 6.61. The lowest BCUT2D eigenvalue weighted by molar-refractivity contribution is -0.185. The Morgan fingerprint density at radius 2 is 1.67 bits per heavy atom. The van der Waals surface area contributed by atoms with Gasteiger partial charge in [-0.05, 0) is 97.2 Å². The van der Waals surface area contributed by atoms with Crippen molar-refractivity contribution in [2.75, 3.05) is 27.2 Å². The second kappa shape index (κ2) is 10.7. The monoisotopic (exact) mass is 643 g/mol. The van der Waals surface area contributed by atoms with E-state index in [1.807, 2.05) is 0 Å². The Kier molecular flexibility index (Phi) is 7.67. The molecule has 7 aliphatic rings. The highest BCUT2D eigenvalue weighted by atomic mass is 16.6. The summed E-state index contributed by atoms with van der Waals surface area (Å²) in [6.45, 7) is 17.8. The Balaban J connectivity index is 1.13. The maximum atomic E-state index is 12.8. The minimum Gasteiger partial charge on any atom is -0.446 e.